The van der Waals surface area contributed by atoms with Gasteiger partial charge in [0.2, 0.25) is 5.95 Å². The van der Waals surface area contributed by atoms with Crippen molar-refractivity contribution in [2.45, 2.75) is 26.7 Å². The van der Waals surface area contributed by atoms with Crippen molar-refractivity contribution in [1.29, 1.82) is 0 Å². The first-order chi connectivity index (χ1) is 12.0. The van der Waals surface area contributed by atoms with Gasteiger partial charge in [-0.3, -0.25) is 4.79 Å². The zero-order valence-electron chi connectivity index (χ0n) is 15.5. The van der Waals surface area contributed by atoms with Crippen LogP contribution in [0.25, 0.3) is 0 Å². The van der Waals surface area contributed by atoms with Crippen LogP contribution in [0.15, 0.2) is 36.7 Å². The number of amides is 1. The lowest BCUT2D eigenvalue weighted by atomic mass is 10.2. The molecular formula is C19H27N5O. The number of carbonyl (C=O) groups excluding carboxylic acids is 1. The normalized spacial score (nSPS) is 10.4. The molecule has 0 aliphatic rings. The van der Waals surface area contributed by atoms with Gasteiger partial charge in [-0.25, -0.2) is 9.97 Å². The van der Waals surface area contributed by atoms with Crippen molar-refractivity contribution in [1.82, 2.24) is 9.97 Å². The van der Waals surface area contributed by atoms with Crippen LogP contribution in [0.2, 0.25) is 0 Å². The highest BCUT2D eigenvalue weighted by atomic mass is 16.1. The molecule has 1 N–H and O–H groups in total. The van der Waals surface area contributed by atoms with Gasteiger partial charge in [0, 0.05) is 51.0 Å². The molecule has 0 bridgehead atoms. The van der Waals surface area contributed by atoms with Gasteiger partial charge in [0.05, 0.1) is 5.56 Å². The SMILES string of the molecule is CCCN(CCC)c1ncc(C(=O)Nc2ccc(N(C)C)cc2)cn1. The molecule has 0 spiro atoms. The Morgan fingerprint density at radius 1 is 1.00 bits per heavy atom. The number of hydrogen-bond acceptors (Lipinski definition) is 5. The molecule has 0 unspecified atom stereocenters. The second-order valence-corrected chi connectivity index (χ2v) is 6.15. The zero-order valence-corrected chi connectivity index (χ0v) is 15.5. The first-order valence-corrected chi connectivity index (χ1v) is 8.70. The summed E-state index contributed by atoms with van der Waals surface area (Å²) in [4.78, 5) is 25.2. The third-order valence-corrected chi connectivity index (χ3v) is 3.81. The van der Waals surface area contributed by atoms with Crippen molar-refractivity contribution in [3.8, 4) is 0 Å². The van der Waals surface area contributed by atoms with Crippen molar-refractivity contribution in [2.24, 2.45) is 0 Å². The number of rotatable bonds is 8. The lowest BCUT2D eigenvalue weighted by Gasteiger charge is -2.21. The maximum absolute atomic E-state index is 12.4. The quantitative estimate of drug-likeness (QED) is 0.797. The van der Waals surface area contributed by atoms with Crippen molar-refractivity contribution in [3.05, 3.63) is 42.2 Å². The Labute approximate surface area is 149 Å². The summed E-state index contributed by atoms with van der Waals surface area (Å²) in [6.45, 7) is 6.09. The highest BCUT2D eigenvalue weighted by Gasteiger charge is 2.11. The molecule has 0 aliphatic heterocycles. The minimum absolute atomic E-state index is 0.207. The van der Waals surface area contributed by atoms with E-state index in [0.717, 1.165) is 37.3 Å². The molecule has 1 amide bonds. The number of carbonyl (C=O) groups is 1. The number of hydrogen-bond donors (Lipinski definition) is 1. The lowest BCUT2D eigenvalue weighted by molar-refractivity contribution is 0.102. The van der Waals surface area contributed by atoms with Gasteiger partial charge in [0.25, 0.3) is 5.91 Å². The molecule has 2 rings (SSSR count). The molecule has 0 atom stereocenters. The molecule has 2 aromatic rings. The summed E-state index contributed by atoms with van der Waals surface area (Å²) in [7, 11) is 3.96. The van der Waals surface area contributed by atoms with E-state index in [1.54, 1.807) is 12.4 Å². The Balaban J connectivity index is 2.04. The second kappa shape index (κ2) is 9.01. The van der Waals surface area contributed by atoms with Crippen LogP contribution in [0.1, 0.15) is 37.0 Å². The number of anilines is 3. The van der Waals surface area contributed by atoms with E-state index in [2.05, 4.69) is 34.0 Å². The molecule has 0 fully saturated rings. The lowest BCUT2D eigenvalue weighted by Crippen LogP contribution is -2.27. The summed E-state index contributed by atoms with van der Waals surface area (Å²) in [5.41, 5.74) is 2.28. The van der Waals surface area contributed by atoms with Gasteiger partial charge < -0.3 is 15.1 Å². The second-order valence-electron chi connectivity index (χ2n) is 6.15. The number of aromatic nitrogens is 2. The van der Waals surface area contributed by atoms with E-state index in [4.69, 9.17) is 0 Å². The minimum atomic E-state index is -0.207. The Morgan fingerprint density at radius 2 is 1.56 bits per heavy atom. The summed E-state index contributed by atoms with van der Waals surface area (Å²) in [6, 6.07) is 7.69. The van der Waals surface area contributed by atoms with Crippen LogP contribution in [-0.2, 0) is 0 Å². The number of nitrogens with zero attached hydrogens (tertiary/aromatic N) is 4. The molecular weight excluding hydrogens is 314 g/mol. The summed E-state index contributed by atoms with van der Waals surface area (Å²) in [6.07, 6.45) is 5.25. The molecule has 1 aromatic heterocycles. The molecule has 1 heterocycles. The first-order valence-electron chi connectivity index (χ1n) is 8.70. The van der Waals surface area contributed by atoms with Crippen LogP contribution in [-0.4, -0.2) is 43.1 Å². The predicted molar refractivity (Wildman–Crippen MR) is 104 cm³/mol. The van der Waals surface area contributed by atoms with E-state index < -0.39 is 0 Å². The largest absolute Gasteiger partial charge is 0.378 e. The van der Waals surface area contributed by atoms with Crippen LogP contribution in [0.3, 0.4) is 0 Å². The standard InChI is InChI=1S/C19H27N5O/c1-5-11-24(12-6-2)19-20-13-15(14-21-19)18(25)22-16-7-9-17(10-8-16)23(3)4/h7-10,13-14H,5-6,11-12H2,1-4H3,(H,22,25). The summed E-state index contributed by atoms with van der Waals surface area (Å²) in [5.74, 6) is 0.470. The average Bonchev–Trinajstić information content (AvgIpc) is 2.62. The fourth-order valence-corrected chi connectivity index (χ4v) is 2.50. The molecule has 25 heavy (non-hydrogen) atoms. The monoisotopic (exact) mass is 341 g/mol. The van der Waals surface area contributed by atoms with E-state index in [1.165, 1.54) is 0 Å². The van der Waals surface area contributed by atoms with Gasteiger partial charge in [-0.1, -0.05) is 13.8 Å². The predicted octanol–water partition coefficient (Wildman–Crippen LogP) is 3.42. The van der Waals surface area contributed by atoms with Crippen molar-refractivity contribution < 1.29 is 4.79 Å². The molecule has 0 aliphatic carbocycles. The molecule has 0 radical (unpaired) electrons. The van der Waals surface area contributed by atoms with E-state index >= 15 is 0 Å². The van der Waals surface area contributed by atoms with Crippen LogP contribution >= 0.6 is 0 Å². The van der Waals surface area contributed by atoms with Gasteiger partial charge >= 0.3 is 0 Å². The maximum Gasteiger partial charge on any atom is 0.258 e. The van der Waals surface area contributed by atoms with Gasteiger partial charge in [-0.05, 0) is 37.1 Å². The van der Waals surface area contributed by atoms with Gasteiger partial charge in [0.15, 0.2) is 0 Å². The Kier molecular flexibility index (Phi) is 6.74. The summed E-state index contributed by atoms with van der Waals surface area (Å²) in [5, 5.41) is 2.87. The minimum Gasteiger partial charge on any atom is -0.378 e. The van der Waals surface area contributed by atoms with E-state index in [1.807, 2.05) is 43.3 Å². The summed E-state index contributed by atoms with van der Waals surface area (Å²) < 4.78 is 0. The first kappa shape index (κ1) is 18.7. The van der Waals surface area contributed by atoms with Crippen molar-refractivity contribution >= 4 is 23.2 Å². The van der Waals surface area contributed by atoms with Gasteiger partial charge in [-0.2, -0.15) is 0 Å². The molecule has 6 heteroatoms. The van der Waals surface area contributed by atoms with Crippen LogP contribution in [0.4, 0.5) is 17.3 Å². The fraction of sp³-hybridized carbons (Fsp3) is 0.421. The van der Waals surface area contributed by atoms with Crippen LogP contribution in [0, 0.1) is 0 Å². The number of benzene rings is 1. The van der Waals surface area contributed by atoms with Crippen LogP contribution in [0.5, 0.6) is 0 Å². The van der Waals surface area contributed by atoms with Gasteiger partial charge in [-0.15, -0.1) is 0 Å². The molecule has 0 saturated carbocycles. The number of nitrogens with one attached hydrogen (secondary N) is 1. The van der Waals surface area contributed by atoms with Gasteiger partial charge in [0.1, 0.15) is 0 Å². The highest BCUT2D eigenvalue weighted by molar-refractivity contribution is 6.03. The zero-order chi connectivity index (χ0) is 18.2. The topological polar surface area (TPSA) is 61.4 Å². The van der Waals surface area contributed by atoms with E-state index in [0.29, 0.717) is 11.5 Å². The Bertz CT molecular complexity index is 661. The maximum atomic E-state index is 12.4. The van der Waals surface area contributed by atoms with E-state index in [-0.39, 0.29) is 5.91 Å². The Hall–Kier alpha value is -2.63. The smallest absolute Gasteiger partial charge is 0.258 e. The molecule has 134 valence electrons. The third-order valence-electron chi connectivity index (χ3n) is 3.81. The molecule has 0 saturated heterocycles. The highest BCUT2D eigenvalue weighted by Crippen LogP contribution is 2.16. The third kappa shape index (κ3) is 5.17. The van der Waals surface area contributed by atoms with Crippen molar-refractivity contribution in [3.63, 3.8) is 0 Å². The van der Waals surface area contributed by atoms with Crippen LogP contribution < -0.4 is 15.1 Å². The van der Waals surface area contributed by atoms with Crippen molar-refractivity contribution in [2.75, 3.05) is 42.3 Å². The summed E-state index contributed by atoms with van der Waals surface area (Å²) >= 11 is 0. The fourth-order valence-electron chi connectivity index (χ4n) is 2.50. The molecule has 1 aromatic carbocycles. The van der Waals surface area contributed by atoms with E-state index in [9.17, 15) is 4.79 Å². The molecule has 6 nitrogen and oxygen atoms in total. The average molecular weight is 341 g/mol. The Morgan fingerprint density at radius 3 is 2.04 bits per heavy atom.